The van der Waals surface area contributed by atoms with E-state index in [-0.39, 0.29) is 0 Å². The molecular weight excluding hydrogens is 237 g/mol. The Balaban J connectivity index is 0.000000325. The molecule has 0 amide bonds. The van der Waals surface area contributed by atoms with Crippen molar-refractivity contribution in [2.75, 3.05) is 5.88 Å². The van der Waals surface area contributed by atoms with Crippen LogP contribution in [0.4, 0.5) is 13.2 Å². The molecule has 0 spiro atoms. The van der Waals surface area contributed by atoms with Gasteiger partial charge in [0.15, 0.2) is 0 Å². The molecule has 0 saturated heterocycles. The molecule has 0 atom stereocenters. The van der Waals surface area contributed by atoms with Crippen molar-refractivity contribution in [3.05, 3.63) is 35.9 Å². The third-order valence-electron chi connectivity index (χ3n) is 1.84. The summed E-state index contributed by atoms with van der Waals surface area (Å²) in [6, 6.07) is 6.36. The summed E-state index contributed by atoms with van der Waals surface area (Å²) < 4.78 is 35.4. The van der Waals surface area contributed by atoms with E-state index >= 15 is 0 Å². The fourth-order valence-electron chi connectivity index (χ4n) is 0.972. The van der Waals surface area contributed by atoms with E-state index < -0.39 is 11.7 Å². The Hall–Kier alpha value is -0.700. The highest BCUT2D eigenvalue weighted by molar-refractivity contribution is 6.17. The smallest absolute Gasteiger partial charge is 0.166 e. The third kappa shape index (κ3) is 7.57. The summed E-state index contributed by atoms with van der Waals surface area (Å²) in [4.78, 5) is 0. The predicted octanol–water partition coefficient (Wildman–Crippen LogP) is 5.12. The highest BCUT2D eigenvalue weighted by Crippen LogP contribution is 2.28. The van der Waals surface area contributed by atoms with Crippen molar-refractivity contribution in [2.24, 2.45) is 0 Å². The molecule has 0 heterocycles. The van der Waals surface area contributed by atoms with Crippen LogP contribution in [0.15, 0.2) is 30.3 Å². The van der Waals surface area contributed by atoms with Gasteiger partial charge in [0.25, 0.3) is 0 Å². The number of hydrogen-bond acceptors (Lipinski definition) is 0. The predicted molar refractivity (Wildman–Crippen MR) is 61.7 cm³/mol. The van der Waals surface area contributed by atoms with Gasteiger partial charge in [-0.25, -0.2) is 0 Å². The van der Waals surface area contributed by atoms with Gasteiger partial charge in [-0.1, -0.05) is 50.1 Å². The van der Waals surface area contributed by atoms with Crippen LogP contribution in [0, 0.1) is 0 Å². The van der Waals surface area contributed by atoms with Gasteiger partial charge in [-0.05, 0) is 6.42 Å². The number of unbranched alkanes of at least 4 members (excludes halogenated alkanes) is 2. The van der Waals surface area contributed by atoms with Crippen LogP contribution < -0.4 is 0 Å². The Kier molecular flexibility index (Phi) is 8.08. The zero-order chi connectivity index (χ0) is 12.4. The quantitative estimate of drug-likeness (QED) is 0.517. The molecule has 4 heteroatoms. The molecule has 1 aromatic carbocycles. The number of alkyl halides is 4. The molecule has 16 heavy (non-hydrogen) atoms. The van der Waals surface area contributed by atoms with E-state index in [0.29, 0.717) is 0 Å². The Morgan fingerprint density at radius 1 is 1.06 bits per heavy atom. The second-order valence-corrected chi connectivity index (χ2v) is 3.64. The van der Waals surface area contributed by atoms with Crippen molar-refractivity contribution in [3.63, 3.8) is 0 Å². The van der Waals surface area contributed by atoms with Gasteiger partial charge in [-0.15, -0.1) is 11.6 Å². The van der Waals surface area contributed by atoms with Crippen LogP contribution in [0.25, 0.3) is 0 Å². The molecule has 92 valence electrons. The minimum atomic E-state index is -4.21. The summed E-state index contributed by atoms with van der Waals surface area (Å²) in [5.74, 6) is 0.827. The highest BCUT2D eigenvalue weighted by atomic mass is 35.5. The molecule has 0 bridgehead atoms. The molecule has 1 rings (SSSR count). The van der Waals surface area contributed by atoms with Gasteiger partial charge in [0.05, 0.1) is 5.56 Å². The second kappa shape index (κ2) is 8.45. The number of halogens is 4. The fraction of sp³-hybridized carbons (Fsp3) is 0.500. The largest absolute Gasteiger partial charge is 0.416 e. The molecule has 0 N–H and O–H groups in total. The lowest BCUT2D eigenvalue weighted by molar-refractivity contribution is -0.137. The minimum absolute atomic E-state index is 0.602. The van der Waals surface area contributed by atoms with E-state index in [2.05, 4.69) is 6.92 Å². The van der Waals surface area contributed by atoms with Gasteiger partial charge in [0, 0.05) is 5.88 Å². The van der Waals surface area contributed by atoms with Crippen molar-refractivity contribution >= 4 is 11.6 Å². The lowest BCUT2D eigenvalue weighted by atomic mass is 10.2. The summed E-state index contributed by atoms with van der Waals surface area (Å²) >= 11 is 5.38. The van der Waals surface area contributed by atoms with Crippen LogP contribution in [-0.2, 0) is 6.18 Å². The summed E-state index contributed by atoms with van der Waals surface area (Å²) in [5, 5.41) is 0. The van der Waals surface area contributed by atoms with Crippen molar-refractivity contribution in [2.45, 2.75) is 32.4 Å². The number of rotatable bonds is 3. The van der Waals surface area contributed by atoms with E-state index in [9.17, 15) is 13.2 Å². The van der Waals surface area contributed by atoms with E-state index in [4.69, 9.17) is 11.6 Å². The molecule has 1 aromatic rings. The SMILES string of the molecule is CCCCCCl.FC(F)(F)c1ccccc1. The zero-order valence-electron chi connectivity index (χ0n) is 9.23. The van der Waals surface area contributed by atoms with Crippen LogP contribution in [0.3, 0.4) is 0 Å². The first-order chi connectivity index (χ1) is 7.52. The van der Waals surface area contributed by atoms with Crippen LogP contribution in [0.5, 0.6) is 0 Å². The third-order valence-corrected chi connectivity index (χ3v) is 2.11. The van der Waals surface area contributed by atoms with E-state index in [0.717, 1.165) is 18.0 Å². The van der Waals surface area contributed by atoms with Crippen molar-refractivity contribution in [3.8, 4) is 0 Å². The van der Waals surface area contributed by atoms with Gasteiger partial charge in [0.2, 0.25) is 0 Å². The monoisotopic (exact) mass is 252 g/mol. The Morgan fingerprint density at radius 3 is 1.88 bits per heavy atom. The zero-order valence-corrected chi connectivity index (χ0v) is 9.98. The first-order valence-electron chi connectivity index (χ1n) is 5.20. The summed E-state index contributed by atoms with van der Waals surface area (Å²) in [7, 11) is 0. The summed E-state index contributed by atoms with van der Waals surface area (Å²) in [6.07, 6.45) is -0.477. The maximum Gasteiger partial charge on any atom is 0.416 e. The topological polar surface area (TPSA) is 0 Å². The normalized spacial score (nSPS) is 10.6. The molecule has 0 saturated carbocycles. The molecule has 0 aliphatic rings. The van der Waals surface area contributed by atoms with Crippen molar-refractivity contribution in [1.82, 2.24) is 0 Å². The van der Waals surface area contributed by atoms with E-state index in [1.54, 1.807) is 6.07 Å². The van der Waals surface area contributed by atoms with Crippen molar-refractivity contribution < 1.29 is 13.2 Å². The lowest BCUT2D eigenvalue weighted by Crippen LogP contribution is -2.03. The van der Waals surface area contributed by atoms with Crippen LogP contribution in [0.1, 0.15) is 31.7 Å². The lowest BCUT2D eigenvalue weighted by Gasteiger charge is -2.03. The van der Waals surface area contributed by atoms with Gasteiger partial charge >= 0.3 is 6.18 Å². The van der Waals surface area contributed by atoms with Gasteiger partial charge < -0.3 is 0 Å². The molecular formula is C12H16ClF3. The minimum Gasteiger partial charge on any atom is -0.166 e. The standard InChI is InChI=1S/C7H5F3.C5H11Cl/c8-7(9,10)6-4-2-1-3-5-6;1-2-3-4-5-6/h1-5H;2-5H2,1H3. The van der Waals surface area contributed by atoms with Crippen LogP contribution in [0.2, 0.25) is 0 Å². The molecule has 0 fully saturated rings. The van der Waals surface area contributed by atoms with Crippen molar-refractivity contribution in [1.29, 1.82) is 0 Å². The first-order valence-corrected chi connectivity index (χ1v) is 5.74. The highest BCUT2D eigenvalue weighted by Gasteiger charge is 2.29. The molecule has 0 unspecified atom stereocenters. The van der Waals surface area contributed by atoms with Gasteiger partial charge in [-0.3, -0.25) is 0 Å². The van der Waals surface area contributed by atoms with Gasteiger partial charge in [-0.2, -0.15) is 13.2 Å². The molecule has 0 radical (unpaired) electrons. The maximum atomic E-state index is 11.8. The average Bonchev–Trinajstić information content (AvgIpc) is 2.27. The van der Waals surface area contributed by atoms with Gasteiger partial charge in [0.1, 0.15) is 0 Å². The summed E-state index contributed by atoms with van der Waals surface area (Å²) in [6.45, 7) is 2.17. The number of hydrogen-bond donors (Lipinski definition) is 0. The molecule has 0 nitrogen and oxygen atoms in total. The van der Waals surface area contributed by atoms with Crippen LogP contribution in [-0.4, -0.2) is 5.88 Å². The molecule has 0 aliphatic heterocycles. The Morgan fingerprint density at radius 2 is 1.62 bits per heavy atom. The molecule has 0 aromatic heterocycles. The van der Waals surface area contributed by atoms with E-state index in [1.807, 2.05) is 0 Å². The van der Waals surface area contributed by atoms with E-state index in [1.165, 1.54) is 31.4 Å². The Labute approximate surface area is 99.4 Å². The Bertz CT molecular complexity index is 253. The first kappa shape index (κ1) is 15.3. The summed E-state index contributed by atoms with van der Waals surface area (Å²) in [5.41, 5.74) is -0.602. The van der Waals surface area contributed by atoms with Crippen LogP contribution >= 0.6 is 11.6 Å². The second-order valence-electron chi connectivity index (χ2n) is 3.26. The number of benzene rings is 1. The molecule has 0 aliphatic carbocycles. The maximum absolute atomic E-state index is 11.8. The fourth-order valence-corrected chi connectivity index (χ4v) is 1.16. The average molecular weight is 253 g/mol.